The van der Waals surface area contributed by atoms with Gasteiger partial charge >= 0.3 is 0 Å². The first-order valence-corrected chi connectivity index (χ1v) is 9.13. The molecule has 126 valence electrons. The largest absolute Gasteiger partial charge is 0.307 e. The third-order valence-electron chi connectivity index (χ3n) is 6.11. The maximum absolute atomic E-state index is 12.7. The summed E-state index contributed by atoms with van der Waals surface area (Å²) in [5, 5.41) is 8.68. The Morgan fingerprint density at radius 1 is 1.43 bits per heavy atom. The molecule has 2 saturated carbocycles. The van der Waals surface area contributed by atoms with Crippen molar-refractivity contribution in [3.8, 4) is 0 Å². The molecule has 5 nitrogen and oxygen atoms in total. The van der Waals surface area contributed by atoms with Gasteiger partial charge in [-0.3, -0.25) is 9.59 Å². The summed E-state index contributed by atoms with van der Waals surface area (Å²) in [6.07, 6.45) is 2.44. The molecule has 1 amide bonds. The maximum atomic E-state index is 12.7. The van der Waals surface area contributed by atoms with Crippen molar-refractivity contribution in [3.05, 3.63) is 11.1 Å². The Morgan fingerprint density at radius 2 is 2.17 bits per heavy atom. The normalized spacial score (nSPS) is 31.6. The van der Waals surface area contributed by atoms with E-state index in [2.05, 4.69) is 36.4 Å². The summed E-state index contributed by atoms with van der Waals surface area (Å²) in [6, 6.07) is -0.0985. The van der Waals surface area contributed by atoms with E-state index in [9.17, 15) is 9.59 Å². The van der Waals surface area contributed by atoms with Crippen LogP contribution in [0.2, 0.25) is 0 Å². The Balaban J connectivity index is 1.52. The van der Waals surface area contributed by atoms with Crippen LogP contribution >= 0.6 is 11.3 Å². The zero-order valence-corrected chi connectivity index (χ0v) is 15.0. The van der Waals surface area contributed by atoms with Crippen molar-refractivity contribution >= 4 is 28.2 Å². The fourth-order valence-corrected chi connectivity index (χ4v) is 4.96. The predicted molar refractivity (Wildman–Crippen MR) is 91.5 cm³/mol. The number of rotatable bonds is 5. The molecule has 0 aromatic carbocycles. The highest BCUT2D eigenvalue weighted by Gasteiger charge is 2.65. The van der Waals surface area contributed by atoms with Gasteiger partial charge in [-0.25, -0.2) is 4.98 Å². The molecule has 1 heterocycles. The summed E-state index contributed by atoms with van der Waals surface area (Å²) < 4.78 is 0. The third kappa shape index (κ3) is 2.62. The molecular weight excluding hydrogens is 310 g/mol. The lowest BCUT2D eigenvalue weighted by Gasteiger charge is -2.32. The van der Waals surface area contributed by atoms with Gasteiger partial charge in [0.05, 0.1) is 11.7 Å². The van der Waals surface area contributed by atoms with E-state index in [0.717, 1.165) is 18.5 Å². The lowest BCUT2D eigenvalue weighted by Crippen LogP contribution is -2.44. The van der Waals surface area contributed by atoms with Crippen LogP contribution in [-0.4, -0.2) is 29.3 Å². The van der Waals surface area contributed by atoms with Crippen molar-refractivity contribution in [2.75, 3.05) is 11.9 Å². The molecule has 0 spiro atoms. The predicted octanol–water partition coefficient (Wildman–Crippen LogP) is 2.76. The number of carbonyl (C=O) groups excluding carboxylic acids is 2. The van der Waals surface area contributed by atoms with Crippen LogP contribution in [0.3, 0.4) is 0 Å². The average molecular weight is 335 g/mol. The molecule has 2 bridgehead atoms. The second-order valence-electron chi connectivity index (χ2n) is 7.59. The van der Waals surface area contributed by atoms with Gasteiger partial charge in [-0.15, -0.1) is 11.3 Å². The summed E-state index contributed by atoms with van der Waals surface area (Å²) in [4.78, 5) is 28.9. The molecule has 0 radical (unpaired) electrons. The van der Waals surface area contributed by atoms with E-state index in [4.69, 9.17) is 0 Å². The Bertz CT molecular complexity index is 640. The van der Waals surface area contributed by atoms with Gasteiger partial charge in [-0.1, -0.05) is 20.8 Å². The minimum Gasteiger partial charge on any atom is -0.307 e. The number of amides is 1. The molecule has 2 aliphatic carbocycles. The first kappa shape index (κ1) is 16.6. The highest BCUT2D eigenvalue weighted by Crippen LogP contribution is 2.63. The number of thiazole rings is 1. The molecule has 23 heavy (non-hydrogen) atoms. The van der Waals surface area contributed by atoms with Crippen LogP contribution in [0.1, 0.15) is 45.7 Å². The number of nitrogens with one attached hydrogen (secondary N) is 2. The third-order valence-corrected chi connectivity index (χ3v) is 6.99. The fraction of sp³-hybridized carbons (Fsp3) is 0.706. The summed E-state index contributed by atoms with van der Waals surface area (Å²) in [6.45, 7) is 8.95. The molecule has 2 fully saturated rings. The van der Waals surface area contributed by atoms with Crippen LogP contribution in [0.15, 0.2) is 5.38 Å². The summed E-state index contributed by atoms with van der Waals surface area (Å²) in [7, 11) is 0. The van der Waals surface area contributed by atoms with Crippen molar-refractivity contribution in [3.63, 3.8) is 0 Å². The number of aryl methyl sites for hydroxylation is 1. The summed E-state index contributed by atoms with van der Waals surface area (Å²) in [5.74, 6) is 0.646. The molecule has 2 aliphatic rings. The van der Waals surface area contributed by atoms with Crippen LogP contribution in [0.25, 0.3) is 0 Å². The Labute approximate surface area is 141 Å². The molecular formula is C17H25N3O2S. The van der Waals surface area contributed by atoms with E-state index in [1.54, 1.807) is 0 Å². The minimum atomic E-state index is -0.212. The van der Waals surface area contributed by atoms with Crippen molar-refractivity contribution in [1.29, 1.82) is 0 Å². The van der Waals surface area contributed by atoms with Crippen molar-refractivity contribution in [2.24, 2.45) is 16.7 Å². The molecule has 1 aromatic rings. The van der Waals surface area contributed by atoms with Gasteiger partial charge in [0.2, 0.25) is 5.91 Å². The van der Waals surface area contributed by atoms with Crippen molar-refractivity contribution in [1.82, 2.24) is 10.3 Å². The number of carbonyl (C=O) groups is 2. The van der Waals surface area contributed by atoms with Gasteiger partial charge in [0, 0.05) is 23.8 Å². The van der Waals surface area contributed by atoms with Crippen LogP contribution in [-0.2, 0) is 9.59 Å². The van der Waals surface area contributed by atoms with Gasteiger partial charge in [0.1, 0.15) is 0 Å². The van der Waals surface area contributed by atoms with Gasteiger partial charge < -0.3 is 10.6 Å². The number of hydrogen-bond donors (Lipinski definition) is 2. The van der Waals surface area contributed by atoms with Gasteiger partial charge in [0.15, 0.2) is 10.9 Å². The molecule has 0 aliphatic heterocycles. The number of hydrogen-bond acceptors (Lipinski definition) is 5. The van der Waals surface area contributed by atoms with Crippen molar-refractivity contribution in [2.45, 2.75) is 53.0 Å². The SMILES string of the molecule is Cc1csc(NC(=O)CCNC2C(=O)C3(C)CCC2C3(C)C)n1. The average Bonchev–Trinajstić information content (AvgIpc) is 3.01. The van der Waals surface area contributed by atoms with E-state index in [-0.39, 0.29) is 22.8 Å². The Hall–Kier alpha value is -1.27. The molecule has 3 rings (SSSR count). The van der Waals surface area contributed by atoms with Crippen LogP contribution in [0.5, 0.6) is 0 Å². The van der Waals surface area contributed by atoms with E-state index < -0.39 is 0 Å². The molecule has 6 heteroatoms. The minimum absolute atomic E-state index is 0.0441. The van der Waals surface area contributed by atoms with E-state index in [1.165, 1.54) is 11.3 Å². The van der Waals surface area contributed by atoms with Crippen molar-refractivity contribution < 1.29 is 9.59 Å². The molecule has 0 saturated heterocycles. The fourth-order valence-electron chi connectivity index (χ4n) is 4.26. The van der Waals surface area contributed by atoms with E-state index in [1.807, 2.05) is 12.3 Å². The topological polar surface area (TPSA) is 71.1 Å². The quantitative estimate of drug-likeness (QED) is 0.868. The standard InChI is InChI=1S/C17H25N3O2S/c1-10-9-23-15(19-10)20-12(21)6-8-18-13-11-5-7-17(4,14(13)22)16(11,2)3/h9,11,13,18H,5-8H2,1-4H3,(H,19,20,21). The smallest absolute Gasteiger partial charge is 0.227 e. The first-order chi connectivity index (χ1) is 10.8. The van der Waals surface area contributed by atoms with E-state index >= 15 is 0 Å². The number of anilines is 1. The van der Waals surface area contributed by atoms with Gasteiger partial charge in [-0.05, 0) is 31.1 Å². The Morgan fingerprint density at radius 3 is 2.74 bits per heavy atom. The molecule has 3 atom stereocenters. The monoisotopic (exact) mass is 335 g/mol. The summed E-state index contributed by atoms with van der Waals surface area (Å²) in [5.41, 5.74) is 0.741. The van der Waals surface area contributed by atoms with E-state index in [0.29, 0.717) is 29.8 Å². The number of fused-ring (bicyclic) bond motifs is 2. The highest BCUT2D eigenvalue weighted by atomic mass is 32.1. The Kier molecular flexibility index (Phi) is 4.09. The second kappa shape index (κ2) is 5.67. The number of aromatic nitrogens is 1. The lowest BCUT2D eigenvalue weighted by molar-refractivity contribution is -0.130. The summed E-state index contributed by atoms with van der Waals surface area (Å²) >= 11 is 1.43. The molecule has 2 N–H and O–H groups in total. The second-order valence-corrected chi connectivity index (χ2v) is 8.45. The van der Waals surface area contributed by atoms with Crippen LogP contribution in [0.4, 0.5) is 5.13 Å². The number of ketones is 1. The molecule has 3 unspecified atom stereocenters. The van der Waals surface area contributed by atoms with Crippen LogP contribution < -0.4 is 10.6 Å². The van der Waals surface area contributed by atoms with Crippen LogP contribution in [0, 0.1) is 23.7 Å². The first-order valence-electron chi connectivity index (χ1n) is 8.25. The molecule has 1 aromatic heterocycles. The maximum Gasteiger partial charge on any atom is 0.227 e. The van der Waals surface area contributed by atoms with Gasteiger partial charge in [0.25, 0.3) is 0 Å². The zero-order valence-electron chi connectivity index (χ0n) is 14.2. The lowest BCUT2D eigenvalue weighted by atomic mass is 9.70. The number of nitrogens with zero attached hydrogens (tertiary/aromatic N) is 1. The number of Topliss-reactive ketones (excluding diaryl/α,β-unsaturated/α-hetero) is 1. The zero-order chi connectivity index (χ0) is 16.8. The highest BCUT2D eigenvalue weighted by molar-refractivity contribution is 7.13. The van der Waals surface area contributed by atoms with Gasteiger partial charge in [-0.2, -0.15) is 0 Å².